The maximum absolute atomic E-state index is 14.2. The Morgan fingerprint density at radius 1 is 1.19 bits per heavy atom. The lowest BCUT2D eigenvalue weighted by Gasteiger charge is -2.37. The fraction of sp³-hybridized carbons (Fsp3) is 0.379. The van der Waals surface area contributed by atoms with Crippen molar-refractivity contribution in [2.75, 3.05) is 26.7 Å². The van der Waals surface area contributed by atoms with Gasteiger partial charge in [0.05, 0.1) is 12.6 Å². The van der Waals surface area contributed by atoms with Crippen LogP contribution in [-0.2, 0) is 6.54 Å². The Labute approximate surface area is 212 Å². The molecule has 0 fully saturated rings. The van der Waals surface area contributed by atoms with Crippen LogP contribution in [0.5, 0.6) is 5.88 Å². The average Bonchev–Trinajstić information content (AvgIpc) is 2.87. The second kappa shape index (κ2) is 11.2. The first kappa shape index (κ1) is 25.8. The van der Waals surface area contributed by atoms with E-state index in [4.69, 9.17) is 4.74 Å². The van der Waals surface area contributed by atoms with Crippen LogP contribution < -0.4 is 4.74 Å². The molecule has 0 unspecified atom stereocenters. The summed E-state index contributed by atoms with van der Waals surface area (Å²) in [6.45, 7) is 7.12. The number of aliphatic hydroxyl groups is 1. The van der Waals surface area contributed by atoms with Crippen molar-refractivity contribution in [3.63, 3.8) is 0 Å². The molecule has 0 saturated heterocycles. The van der Waals surface area contributed by atoms with Crippen molar-refractivity contribution >= 4 is 5.91 Å². The molecule has 7 heteroatoms. The van der Waals surface area contributed by atoms with E-state index in [1.807, 2.05) is 69.1 Å². The predicted octanol–water partition coefficient (Wildman–Crippen LogP) is 4.55. The summed E-state index contributed by atoms with van der Waals surface area (Å²) in [5, 5.41) is 9.88. The van der Waals surface area contributed by atoms with Gasteiger partial charge in [0.2, 0.25) is 5.88 Å². The summed E-state index contributed by atoms with van der Waals surface area (Å²) in [4.78, 5) is 21.9. The van der Waals surface area contributed by atoms with Gasteiger partial charge in [0, 0.05) is 42.9 Å². The van der Waals surface area contributed by atoms with Crippen molar-refractivity contribution in [2.45, 2.75) is 39.5 Å². The van der Waals surface area contributed by atoms with Crippen molar-refractivity contribution in [3.8, 4) is 17.0 Å². The molecule has 0 saturated carbocycles. The van der Waals surface area contributed by atoms with Crippen LogP contribution in [0.4, 0.5) is 4.39 Å². The smallest absolute Gasteiger partial charge is 0.259 e. The minimum atomic E-state index is -0.356. The fourth-order valence-corrected chi connectivity index (χ4v) is 4.51. The molecule has 2 aromatic carbocycles. The number of likely N-dealkylation sites (N-methyl/N-ethyl adjacent to an activating group) is 1. The lowest BCUT2D eigenvalue weighted by Crippen LogP contribution is -2.49. The number of aryl methyl sites for hydroxylation is 1. The second-order valence-corrected chi connectivity index (χ2v) is 9.85. The first-order chi connectivity index (χ1) is 17.3. The SMILES string of the molecule is Cc1ccc(-c2cnc3c(c2)C(=O)N([C@@H](C)CO)C[C@@H](C)[C@@H](CN(C)Cc2ccccc2F)O3)cc1. The third-order valence-corrected chi connectivity index (χ3v) is 6.80. The van der Waals surface area contributed by atoms with E-state index in [1.165, 1.54) is 6.07 Å². The number of pyridine rings is 1. The van der Waals surface area contributed by atoms with Gasteiger partial charge in [-0.25, -0.2) is 9.37 Å². The van der Waals surface area contributed by atoms with E-state index < -0.39 is 0 Å². The topological polar surface area (TPSA) is 65.9 Å². The molecular weight excluding hydrogens is 457 g/mol. The lowest BCUT2D eigenvalue weighted by atomic mass is 9.99. The van der Waals surface area contributed by atoms with Crippen LogP contribution in [0, 0.1) is 18.7 Å². The predicted molar refractivity (Wildman–Crippen MR) is 138 cm³/mol. The monoisotopic (exact) mass is 491 g/mol. The zero-order valence-electron chi connectivity index (χ0n) is 21.3. The third-order valence-electron chi connectivity index (χ3n) is 6.80. The molecular formula is C29H34FN3O3. The number of halogens is 1. The van der Waals surface area contributed by atoms with Crippen LogP contribution in [0.15, 0.2) is 60.8 Å². The Balaban J connectivity index is 1.65. The number of rotatable bonds is 7. The van der Waals surface area contributed by atoms with Gasteiger partial charge in [-0.2, -0.15) is 0 Å². The van der Waals surface area contributed by atoms with Gasteiger partial charge in [0.25, 0.3) is 5.91 Å². The van der Waals surface area contributed by atoms with Crippen LogP contribution in [0.25, 0.3) is 11.1 Å². The molecule has 3 atom stereocenters. The van der Waals surface area contributed by atoms with Crippen LogP contribution in [0.1, 0.15) is 35.3 Å². The van der Waals surface area contributed by atoms with Crippen LogP contribution in [-0.4, -0.2) is 64.7 Å². The Kier molecular flexibility index (Phi) is 8.01. The van der Waals surface area contributed by atoms with Crippen molar-refractivity contribution in [3.05, 3.63) is 83.3 Å². The molecule has 1 aromatic heterocycles. The highest BCUT2D eigenvalue weighted by molar-refractivity contribution is 5.98. The maximum Gasteiger partial charge on any atom is 0.259 e. The van der Waals surface area contributed by atoms with E-state index in [2.05, 4.69) is 4.98 Å². The molecule has 1 aliphatic rings. The van der Waals surface area contributed by atoms with E-state index in [-0.39, 0.29) is 42.3 Å². The van der Waals surface area contributed by atoms with Crippen molar-refractivity contribution in [2.24, 2.45) is 5.92 Å². The van der Waals surface area contributed by atoms with Gasteiger partial charge in [-0.3, -0.25) is 9.69 Å². The number of carbonyl (C=O) groups excluding carboxylic acids is 1. The summed E-state index contributed by atoms with van der Waals surface area (Å²) in [5.74, 6) is -0.210. The van der Waals surface area contributed by atoms with Gasteiger partial charge in [-0.1, -0.05) is 55.0 Å². The number of aromatic nitrogens is 1. The van der Waals surface area contributed by atoms with E-state index in [0.717, 1.165) is 16.7 Å². The summed E-state index contributed by atoms with van der Waals surface area (Å²) in [5.41, 5.74) is 3.93. The molecule has 1 N–H and O–H groups in total. The van der Waals surface area contributed by atoms with Crippen molar-refractivity contribution in [1.82, 2.24) is 14.8 Å². The zero-order valence-corrected chi connectivity index (χ0v) is 21.3. The number of fused-ring (bicyclic) bond motifs is 1. The van der Waals surface area contributed by atoms with Gasteiger partial charge in [-0.05, 0) is 38.6 Å². The Morgan fingerprint density at radius 3 is 2.61 bits per heavy atom. The molecule has 0 radical (unpaired) electrons. The summed E-state index contributed by atoms with van der Waals surface area (Å²) in [6, 6.07) is 16.3. The van der Waals surface area contributed by atoms with Crippen molar-refractivity contribution in [1.29, 1.82) is 0 Å². The summed E-state index contributed by atoms with van der Waals surface area (Å²) >= 11 is 0. The van der Waals surface area contributed by atoms with Crippen LogP contribution >= 0.6 is 0 Å². The van der Waals surface area contributed by atoms with Gasteiger partial charge >= 0.3 is 0 Å². The molecule has 190 valence electrons. The van der Waals surface area contributed by atoms with Gasteiger partial charge < -0.3 is 14.7 Å². The molecule has 4 rings (SSSR count). The molecule has 0 bridgehead atoms. The van der Waals surface area contributed by atoms with E-state index in [9.17, 15) is 14.3 Å². The number of aliphatic hydroxyl groups excluding tert-OH is 1. The molecule has 2 heterocycles. The molecule has 3 aromatic rings. The lowest BCUT2D eigenvalue weighted by molar-refractivity contribution is 0.0324. The first-order valence-corrected chi connectivity index (χ1v) is 12.3. The van der Waals surface area contributed by atoms with Crippen LogP contribution in [0.3, 0.4) is 0 Å². The number of nitrogens with zero attached hydrogens (tertiary/aromatic N) is 3. The largest absolute Gasteiger partial charge is 0.472 e. The molecule has 6 nitrogen and oxygen atoms in total. The number of hydrogen-bond donors (Lipinski definition) is 1. The highest BCUT2D eigenvalue weighted by Crippen LogP contribution is 2.30. The van der Waals surface area contributed by atoms with E-state index in [1.54, 1.807) is 23.2 Å². The highest BCUT2D eigenvalue weighted by Gasteiger charge is 2.34. The second-order valence-electron chi connectivity index (χ2n) is 9.85. The Bertz CT molecular complexity index is 1200. The van der Waals surface area contributed by atoms with Crippen molar-refractivity contribution < 1.29 is 19.0 Å². The number of carbonyl (C=O) groups is 1. The summed E-state index contributed by atoms with van der Waals surface area (Å²) in [7, 11) is 1.93. The first-order valence-electron chi connectivity index (χ1n) is 12.3. The zero-order chi connectivity index (χ0) is 25.8. The van der Waals surface area contributed by atoms with Crippen LogP contribution in [0.2, 0.25) is 0 Å². The quantitative estimate of drug-likeness (QED) is 0.525. The number of amides is 1. The number of benzene rings is 2. The van der Waals surface area contributed by atoms with E-state index in [0.29, 0.717) is 30.8 Å². The molecule has 0 aliphatic carbocycles. The standard InChI is InChI=1S/C29H34FN3O3/c1-19-9-11-22(12-10-19)24-13-25-28(31-14-24)36-27(20(2)15-33(29(25)35)21(3)18-34)17-32(4)16-23-7-5-6-8-26(23)30/h5-14,20-21,27,34H,15-18H2,1-4H3/t20-,21+,27-/m1/s1. The minimum absolute atomic E-state index is 0.0438. The molecule has 1 amide bonds. The molecule has 0 spiro atoms. The minimum Gasteiger partial charge on any atom is -0.472 e. The van der Waals surface area contributed by atoms with Gasteiger partial charge in [-0.15, -0.1) is 0 Å². The van der Waals surface area contributed by atoms with Gasteiger partial charge in [0.15, 0.2) is 0 Å². The average molecular weight is 492 g/mol. The summed E-state index contributed by atoms with van der Waals surface area (Å²) in [6.07, 6.45) is 1.43. The number of hydrogen-bond acceptors (Lipinski definition) is 5. The highest BCUT2D eigenvalue weighted by atomic mass is 19.1. The Morgan fingerprint density at radius 2 is 1.92 bits per heavy atom. The maximum atomic E-state index is 14.2. The Hall–Kier alpha value is -3.29. The summed E-state index contributed by atoms with van der Waals surface area (Å²) < 4.78 is 20.6. The molecule has 1 aliphatic heterocycles. The normalized spacial score (nSPS) is 18.9. The van der Waals surface area contributed by atoms with Gasteiger partial charge in [0.1, 0.15) is 17.5 Å². The van der Waals surface area contributed by atoms with E-state index >= 15 is 0 Å². The number of ether oxygens (including phenoxy) is 1. The fourth-order valence-electron chi connectivity index (χ4n) is 4.51. The third kappa shape index (κ3) is 5.74. The molecule has 36 heavy (non-hydrogen) atoms.